The van der Waals surface area contributed by atoms with Gasteiger partial charge in [0.2, 0.25) is 0 Å². The molecule has 5 aliphatic carbocycles. The first-order valence-electron chi connectivity index (χ1n) is 16.4. The van der Waals surface area contributed by atoms with Gasteiger partial charge in [-0.2, -0.15) is 0 Å². The minimum absolute atomic E-state index is 0.0131. The van der Waals surface area contributed by atoms with E-state index in [1.807, 2.05) is 0 Å². The first kappa shape index (κ1) is 29.4. The van der Waals surface area contributed by atoms with Crippen LogP contribution in [-0.4, -0.2) is 52.6 Å². The van der Waals surface area contributed by atoms with Crippen LogP contribution in [0.5, 0.6) is 0 Å². The number of aliphatic hydroxyl groups excluding tert-OH is 3. The Morgan fingerprint density at radius 3 is 2.40 bits per heavy atom. The second-order valence-corrected chi connectivity index (χ2v) is 16.3. The van der Waals surface area contributed by atoms with Crippen LogP contribution < -0.4 is 0 Å². The second-order valence-electron chi connectivity index (χ2n) is 16.3. The topological polar surface area (TPSA) is 79.2 Å². The molecule has 13 atom stereocenters. The average molecular weight is 557 g/mol. The first-order chi connectivity index (χ1) is 18.8. The predicted octanol–water partition coefficient (Wildman–Crippen LogP) is 6.41. The summed E-state index contributed by atoms with van der Waals surface area (Å²) in [5.41, 5.74) is 3.95. The van der Waals surface area contributed by atoms with Crippen LogP contribution in [0.25, 0.3) is 0 Å². The Morgan fingerprint density at radius 1 is 0.925 bits per heavy atom. The maximum absolute atomic E-state index is 10.6. The SMILES string of the molecule is C=C(C)[C@@H]1CCCC2=CC[C@]3(C)[C@H](CC[C@@H]4[C@@]5(C)CC[C@H](O[C@H]6OC[C@@H](O)[C@@H](O)[C@@H]6O)C(C)(C)[C@@H]5CC[C@]43C)[C@H]21. The number of rotatable bonds is 3. The highest BCUT2D eigenvalue weighted by Gasteiger charge is 2.68. The predicted molar refractivity (Wildman–Crippen MR) is 157 cm³/mol. The number of aliphatic hydroxyl groups is 3. The molecule has 0 aromatic heterocycles. The molecule has 6 rings (SSSR count). The fourth-order valence-corrected chi connectivity index (χ4v) is 12.0. The second kappa shape index (κ2) is 9.91. The van der Waals surface area contributed by atoms with E-state index in [0.717, 1.165) is 18.8 Å². The molecular formula is C35H56O5. The molecule has 0 bridgehead atoms. The zero-order chi connectivity index (χ0) is 28.8. The van der Waals surface area contributed by atoms with E-state index < -0.39 is 24.6 Å². The van der Waals surface area contributed by atoms with Crippen molar-refractivity contribution in [2.75, 3.05) is 6.61 Å². The molecule has 0 spiro atoms. The lowest BCUT2D eigenvalue weighted by atomic mass is 9.33. The lowest BCUT2D eigenvalue weighted by Gasteiger charge is -2.72. The lowest BCUT2D eigenvalue weighted by molar-refractivity contribution is -0.310. The van der Waals surface area contributed by atoms with Gasteiger partial charge >= 0.3 is 0 Å². The summed E-state index contributed by atoms with van der Waals surface area (Å²) in [6, 6.07) is 0. The highest BCUT2D eigenvalue weighted by molar-refractivity contribution is 5.27. The van der Waals surface area contributed by atoms with Crippen LogP contribution in [0.2, 0.25) is 0 Å². The number of hydrogen-bond acceptors (Lipinski definition) is 5. The molecule has 1 aliphatic heterocycles. The fourth-order valence-electron chi connectivity index (χ4n) is 12.0. The van der Waals surface area contributed by atoms with Crippen LogP contribution in [0, 0.1) is 51.2 Å². The summed E-state index contributed by atoms with van der Waals surface area (Å²) < 4.78 is 12.2. The van der Waals surface area contributed by atoms with Crippen LogP contribution in [0.1, 0.15) is 106 Å². The standard InChI is InChI=1S/C35H56O5/c1-20(2)22-10-8-9-21-13-17-34(6)23(28(21)22)11-12-26-33(5)16-15-27(32(3,4)25(33)14-18-35(26,34)7)40-31-30(38)29(37)24(36)19-39-31/h13,22-31,36-38H,1,8-12,14-19H2,2-7H3/t22-,23+,24+,25-,26+,27-,28+,29+,30-,31+,33-,34+,35+/m0/s1. The van der Waals surface area contributed by atoms with E-state index in [1.165, 1.54) is 56.9 Å². The van der Waals surface area contributed by atoms with Gasteiger partial charge in [-0.25, -0.2) is 0 Å². The van der Waals surface area contributed by atoms with E-state index in [0.29, 0.717) is 34.5 Å². The number of ether oxygens (including phenoxy) is 2. The van der Waals surface area contributed by atoms with Gasteiger partial charge in [0.1, 0.15) is 18.3 Å². The molecule has 3 N–H and O–H groups in total. The van der Waals surface area contributed by atoms with Crippen molar-refractivity contribution < 1.29 is 24.8 Å². The van der Waals surface area contributed by atoms with E-state index in [-0.39, 0.29) is 23.5 Å². The van der Waals surface area contributed by atoms with Crippen molar-refractivity contribution >= 4 is 0 Å². The molecule has 6 aliphatic rings. The summed E-state index contributed by atoms with van der Waals surface area (Å²) in [4.78, 5) is 0. The molecule has 1 heterocycles. The van der Waals surface area contributed by atoms with Gasteiger partial charge in [0.25, 0.3) is 0 Å². The van der Waals surface area contributed by atoms with Gasteiger partial charge in [-0.05, 0) is 122 Å². The van der Waals surface area contributed by atoms with Gasteiger partial charge in [0, 0.05) is 0 Å². The Kier molecular flexibility index (Phi) is 7.27. The van der Waals surface area contributed by atoms with Gasteiger partial charge in [0.15, 0.2) is 6.29 Å². The third kappa shape index (κ3) is 4.03. The molecule has 4 saturated carbocycles. The monoisotopic (exact) mass is 556 g/mol. The molecule has 0 aromatic carbocycles. The van der Waals surface area contributed by atoms with Crippen molar-refractivity contribution in [3.63, 3.8) is 0 Å². The Labute approximate surface area is 242 Å². The number of hydrogen-bond donors (Lipinski definition) is 3. The molecule has 0 amide bonds. The summed E-state index contributed by atoms with van der Waals surface area (Å²) >= 11 is 0. The lowest BCUT2D eigenvalue weighted by Crippen LogP contribution is -2.66. The van der Waals surface area contributed by atoms with Crippen molar-refractivity contribution in [2.24, 2.45) is 51.2 Å². The first-order valence-corrected chi connectivity index (χ1v) is 16.4. The molecule has 226 valence electrons. The Bertz CT molecular complexity index is 1030. The molecule has 5 fully saturated rings. The van der Waals surface area contributed by atoms with Crippen LogP contribution in [0.15, 0.2) is 23.8 Å². The Hall–Kier alpha value is -0.720. The Balaban J connectivity index is 1.26. The zero-order valence-corrected chi connectivity index (χ0v) is 26.0. The minimum atomic E-state index is -1.24. The van der Waals surface area contributed by atoms with Gasteiger partial charge in [-0.3, -0.25) is 0 Å². The smallest absolute Gasteiger partial charge is 0.186 e. The van der Waals surface area contributed by atoms with Crippen LogP contribution >= 0.6 is 0 Å². The van der Waals surface area contributed by atoms with Crippen molar-refractivity contribution in [3.8, 4) is 0 Å². The van der Waals surface area contributed by atoms with Crippen LogP contribution in [0.4, 0.5) is 0 Å². The summed E-state index contributed by atoms with van der Waals surface area (Å²) in [6.07, 6.45) is 10.6. The highest BCUT2D eigenvalue weighted by atomic mass is 16.7. The van der Waals surface area contributed by atoms with Crippen LogP contribution in [-0.2, 0) is 9.47 Å². The molecule has 0 unspecified atom stereocenters. The average Bonchev–Trinajstić information content (AvgIpc) is 2.90. The summed E-state index contributed by atoms with van der Waals surface area (Å²) in [5, 5.41) is 30.7. The van der Waals surface area contributed by atoms with Gasteiger partial charge in [-0.15, -0.1) is 0 Å². The van der Waals surface area contributed by atoms with Crippen molar-refractivity contribution in [1.82, 2.24) is 0 Å². The summed E-state index contributed by atoms with van der Waals surface area (Å²) in [5.74, 6) is 3.33. The number of allylic oxidation sites excluding steroid dienone is 3. The van der Waals surface area contributed by atoms with Crippen LogP contribution in [0.3, 0.4) is 0 Å². The fraction of sp³-hybridized carbons (Fsp3) is 0.886. The third-order valence-corrected chi connectivity index (χ3v) is 14.3. The van der Waals surface area contributed by atoms with E-state index in [1.54, 1.807) is 5.57 Å². The quantitative estimate of drug-likeness (QED) is 0.277. The van der Waals surface area contributed by atoms with Crippen molar-refractivity contribution in [3.05, 3.63) is 23.8 Å². The van der Waals surface area contributed by atoms with Crippen molar-refractivity contribution in [2.45, 2.75) is 136 Å². The zero-order valence-electron chi connectivity index (χ0n) is 26.0. The van der Waals surface area contributed by atoms with E-state index in [4.69, 9.17) is 9.47 Å². The molecule has 5 nitrogen and oxygen atoms in total. The molecule has 5 heteroatoms. The number of fused-ring (bicyclic) bond motifs is 7. The molecule has 1 saturated heterocycles. The van der Waals surface area contributed by atoms with Crippen molar-refractivity contribution in [1.29, 1.82) is 0 Å². The normalized spacial score (nSPS) is 53.8. The van der Waals surface area contributed by atoms with Gasteiger partial charge in [0.05, 0.1) is 12.7 Å². The maximum atomic E-state index is 10.6. The largest absolute Gasteiger partial charge is 0.388 e. The molecule has 0 aromatic rings. The van der Waals surface area contributed by atoms with E-state index in [2.05, 4.69) is 54.2 Å². The molecule has 0 radical (unpaired) electrons. The van der Waals surface area contributed by atoms with Gasteiger partial charge < -0.3 is 24.8 Å². The van der Waals surface area contributed by atoms with E-state index >= 15 is 0 Å². The summed E-state index contributed by atoms with van der Waals surface area (Å²) in [6.45, 7) is 19.4. The summed E-state index contributed by atoms with van der Waals surface area (Å²) in [7, 11) is 0. The van der Waals surface area contributed by atoms with E-state index in [9.17, 15) is 15.3 Å². The minimum Gasteiger partial charge on any atom is -0.388 e. The highest BCUT2D eigenvalue weighted by Crippen LogP contribution is 2.75. The third-order valence-electron chi connectivity index (χ3n) is 14.3. The van der Waals surface area contributed by atoms with Gasteiger partial charge in [-0.1, -0.05) is 58.4 Å². The maximum Gasteiger partial charge on any atom is 0.186 e. The molecule has 40 heavy (non-hydrogen) atoms. The molecular weight excluding hydrogens is 500 g/mol. The Morgan fingerprint density at radius 2 is 1.68 bits per heavy atom.